The van der Waals surface area contributed by atoms with Crippen LogP contribution in [0.1, 0.15) is 11.6 Å². The molecular formula is C12H13FN2O4. The molecule has 2 amide bonds. The lowest BCUT2D eigenvalue weighted by molar-refractivity contribution is -0.137. The number of amides is 2. The fraction of sp³-hybridized carbons (Fsp3) is 0.333. The average Bonchev–Trinajstić information content (AvgIpc) is 2.70. The van der Waals surface area contributed by atoms with Gasteiger partial charge in [0.2, 0.25) is 0 Å². The summed E-state index contributed by atoms with van der Waals surface area (Å²) in [6, 6.07) is 3.48. The molecule has 19 heavy (non-hydrogen) atoms. The maximum atomic E-state index is 13.6. The van der Waals surface area contributed by atoms with Gasteiger partial charge in [-0.3, -0.25) is 4.79 Å². The Morgan fingerprint density at radius 3 is 2.95 bits per heavy atom. The summed E-state index contributed by atoms with van der Waals surface area (Å²) in [6.45, 7) is -0.183. The van der Waals surface area contributed by atoms with E-state index in [1.807, 2.05) is 0 Å². The minimum absolute atomic E-state index is 0.121. The van der Waals surface area contributed by atoms with E-state index in [4.69, 9.17) is 9.84 Å². The van der Waals surface area contributed by atoms with Crippen molar-refractivity contribution >= 4 is 12.0 Å². The third-order valence-corrected chi connectivity index (χ3v) is 2.89. The molecule has 1 aromatic carbocycles. The van der Waals surface area contributed by atoms with Crippen LogP contribution in [0.5, 0.6) is 5.75 Å². The van der Waals surface area contributed by atoms with Crippen molar-refractivity contribution in [1.82, 2.24) is 10.2 Å². The van der Waals surface area contributed by atoms with Gasteiger partial charge in [-0.25, -0.2) is 9.18 Å². The fourth-order valence-electron chi connectivity index (χ4n) is 1.98. The van der Waals surface area contributed by atoms with Gasteiger partial charge in [0.1, 0.15) is 6.54 Å². The van der Waals surface area contributed by atoms with Crippen LogP contribution >= 0.6 is 0 Å². The smallest absolute Gasteiger partial charge is 0.323 e. The average molecular weight is 268 g/mol. The Kier molecular flexibility index (Phi) is 3.55. The number of carbonyl (C=O) groups is 2. The molecule has 1 atom stereocenters. The van der Waals surface area contributed by atoms with E-state index in [2.05, 4.69) is 5.32 Å². The Morgan fingerprint density at radius 1 is 1.63 bits per heavy atom. The molecule has 2 N–H and O–H groups in total. The molecule has 7 heteroatoms. The van der Waals surface area contributed by atoms with Gasteiger partial charge in [-0.05, 0) is 17.7 Å². The molecule has 1 aliphatic heterocycles. The molecule has 1 aromatic rings. The highest BCUT2D eigenvalue weighted by Gasteiger charge is 2.31. The Hall–Kier alpha value is -2.31. The lowest BCUT2D eigenvalue weighted by Gasteiger charge is -2.12. The number of urea groups is 1. The highest BCUT2D eigenvalue weighted by Crippen LogP contribution is 2.25. The van der Waals surface area contributed by atoms with Crippen LogP contribution in [0.3, 0.4) is 0 Å². The van der Waals surface area contributed by atoms with Gasteiger partial charge >= 0.3 is 12.0 Å². The van der Waals surface area contributed by atoms with E-state index in [9.17, 15) is 14.0 Å². The van der Waals surface area contributed by atoms with Crippen molar-refractivity contribution in [3.63, 3.8) is 0 Å². The third-order valence-electron chi connectivity index (χ3n) is 2.89. The van der Waals surface area contributed by atoms with Crippen LogP contribution < -0.4 is 10.1 Å². The van der Waals surface area contributed by atoms with Crippen molar-refractivity contribution < 1.29 is 23.8 Å². The monoisotopic (exact) mass is 268 g/mol. The van der Waals surface area contributed by atoms with Crippen molar-refractivity contribution in [2.75, 3.05) is 20.2 Å². The Morgan fingerprint density at radius 2 is 2.37 bits per heavy atom. The molecule has 1 heterocycles. The lowest BCUT2D eigenvalue weighted by atomic mass is 10.1. The van der Waals surface area contributed by atoms with E-state index in [-0.39, 0.29) is 18.8 Å². The SMILES string of the molecule is COc1ccc(C2CN(CC(=O)O)C(=O)N2)cc1F. The number of carbonyl (C=O) groups excluding carboxylic acids is 1. The fourth-order valence-corrected chi connectivity index (χ4v) is 1.98. The Labute approximate surface area is 108 Å². The van der Waals surface area contributed by atoms with Crippen LogP contribution in [0.4, 0.5) is 9.18 Å². The first-order valence-electron chi connectivity index (χ1n) is 5.62. The van der Waals surface area contributed by atoms with Crippen molar-refractivity contribution in [2.24, 2.45) is 0 Å². The summed E-state index contributed by atoms with van der Waals surface area (Å²) in [4.78, 5) is 23.3. The zero-order chi connectivity index (χ0) is 14.0. The van der Waals surface area contributed by atoms with E-state index in [1.54, 1.807) is 6.07 Å². The second kappa shape index (κ2) is 5.13. The number of halogens is 1. The van der Waals surface area contributed by atoms with Crippen LogP contribution in [0.25, 0.3) is 0 Å². The first-order chi connectivity index (χ1) is 9.01. The molecule has 0 spiro atoms. The van der Waals surface area contributed by atoms with E-state index in [0.717, 1.165) is 4.90 Å². The molecule has 0 bridgehead atoms. The number of benzene rings is 1. The molecule has 102 valence electrons. The van der Waals surface area contributed by atoms with Gasteiger partial charge in [-0.2, -0.15) is 0 Å². The number of aliphatic carboxylic acids is 1. The maximum Gasteiger partial charge on any atom is 0.323 e. The number of hydrogen-bond acceptors (Lipinski definition) is 3. The molecule has 0 radical (unpaired) electrons. The van der Waals surface area contributed by atoms with Crippen LogP contribution in [-0.2, 0) is 4.79 Å². The number of carboxylic acid groups (broad SMARTS) is 1. The number of nitrogens with one attached hydrogen (secondary N) is 1. The second-order valence-corrected chi connectivity index (χ2v) is 4.17. The first kappa shape index (κ1) is 13.1. The van der Waals surface area contributed by atoms with Crippen molar-refractivity contribution in [2.45, 2.75) is 6.04 Å². The van der Waals surface area contributed by atoms with Crippen LogP contribution in [0, 0.1) is 5.82 Å². The predicted molar refractivity (Wildman–Crippen MR) is 63.4 cm³/mol. The molecule has 0 aliphatic carbocycles. The number of carboxylic acids is 1. The Balaban J connectivity index is 2.14. The van der Waals surface area contributed by atoms with Crippen LogP contribution in [0.2, 0.25) is 0 Å². The van der Waals surface area contributed by atoms with E-state index in [0.29, 0.717) is 5.56 Å². The minimum atomic E-state index is -1.09. The Bertz CT molecular complexity index is 520. The van der Waals surface area contributed by atoms with Crippen LogP contribution in [-0.4, -0.2) is 42.2 Å². The summed E-state index contributed by atoms with van der Waals surface area (Å²) in [5, 5.41) is 11.3. The molecule has 0 aromatic heterocycles. The molecule has 0 saturated carbocycles. The number of methoxy groups -OCH3 is 1. The molecule has 1 saturated heterocycles. The third kappa shape index (κ3) is 2.75. The summed E-state index contributed by atoms with van der Waals surface area (Å²) in [7, 11) is 1.37. The van der Waals surface area contributed by atoms with Crippen molar-refractivity contribution in [3.05, 3.63) is 29.6 Å². The van der Waals surface area contributed by atoms with E-state index < -0.39 is 23.9 Å². The molecule has 1 unspecified atom stereocenters. The summed E-state index contributed by atoms with van der Waals surface area (Å²) in [5.74, 6) is -1.49. The van der Waals surface area contributed by atoms with E-state index >= 15 is 0 Å². The largest absolute Gasteiger partial charge is 0.494 e. The number of hydrogen-bond donors (Lipinski definition) is 2. The van der Waals surface area contributed by atoms with E-state index in [1.165, 1.54) is 19.2 Å². The first-order valence-corrected chi connectivity index (χ1v) is 5.62. The van der Waals surface area contributed by atoms with Gasteiger partial charge < -0.3 is 20.1 Å². The summed E-state index contributed by atoms with van der Waals surface area (Å²) >= 11 is 0. The molecule has 1 fully saturated rings. The number of ether oxygens (including phenoxy) is 1. The zero-order valence-corrected chi connectivity index (χ0v) is 10.2. The van der Waals surface area contributed by atoms with Gasteiger partial charge in [0.25, 0.3) is 0 Å². The quantitative estimate of drug-likeness (QED) is 0.853. The summed E-state index contributed by atoms with van der Waals surface area (Å²) in [5.41, 5.74) is 0.569. The van der Waals surface area contributed by atoms with Crippen molar-refractivity contribution in [1.29, 1.82) is 0 Å². The summed E-state index contributed by atoms with van der Waals surface area (Å²) in [6.07, 6.45) is 0. The number of nitrogens with zero attached hydrogens (tertiary/aromatic N) is 1. The number of rotatable bonds is 4. The highest BCUT2D eigenvalue weighted by atomic mass is 19.1. The van der Waals surface area contributed by atoms with Gasteiger partial charge in [0.15, 0.2) is 11.6 Å². The molecular weight excluding hydrogens is 255 g/mol. The van der Waals surface area contributed by atoms with Gasteiger partial charge in [-0.1, -0.05) is 6.07 Å². The maximum absolute atomic E-state index is 13.6. The predicted octanol–water partition coefficient (Wildman–Crippen LogP) is 0.985. The molecule has 1 aliphatic rings. The standard InChI is InChI=1S/C12H13FN2O4/c1-19-10-3-2-7(4-8(10)13)9-5-15(6-11(16)17)12(18)14-9/h2-4,9H,5-6H2,1H3,(H,14,18)(H,16,17). The summed E-state index contributed by atoms with van der Waals surface area (Å²) < 4.78 is 18.4. The molecule has 6 nitrogen and oxygen atoms in total. The van der Waals surface area contributed by atoms with Crippen LogP contribution in [0.15, 0.2) is 18.2 Å². The zero-order valence-electron chi connectivity index (χ0n) is 10.2. The van der Waals surface area contributed by atoms with Gasteiger partial charge in [0, 0.05) is 6.54 Å². The van der Waals surface area contributed by atoms with Gasteiger partial charge in [-0.15, -0.1) is 0 Å². The lowest BCUT2D eigenvalue weighted by Crippen LogP contribution is -2.32. The highest BCUT2D eigenvalue weighted by molar-refractivity contribution is 5.82. The minimum Gasteiger partial charge on any atom is -0.494 e. The second-order valence-electron chi connectivity index (χ2n) is 4.17. The normalized spacial score (nSPS) is 18.3. The molecule has 2 rings (SSSR count). The van der Waals surface area contributed by atoms with Gasteiger partial charge in [0.05, 0.1) is 13.2 Å². The van der Waals surface area contributed by atoms with Crippen molar-refractivity contribution in [3.8, 4) is 5.75 Å². The topological polar surface area (TPSA) is 78.9 Å².